The van der Waals surface area contributed by atoms with E-state index in [1.807, 2.05) is 0 Å². The quantitative estimate of drug-likeness (QED) is 0.723. The smallest absolute Gasteiger partial charge is 0.152 e. The van der Waals surface area contributed by atoms with Crippen LogP contribution in [0.2, 0.25) is 0 Å². The van der Waals surface area contributed by atoms with Gasteiger partial charge in [0.25, 0.3) is 0 Å². The highest BCUT2D eigenvalue weighted by Gasteiger charge is 2.22. The predicted octanol–water partition coefficient (Wildman–Crippen LogP) is 1.54. The Morgan fingerprint density at radius 1 is 1.27 bits per heavy atom. The van der Waals surface area contributed by atoms with Crippen molar-refractivity contribution in [3.05, 3.63) is 0 Å². The van der Waals surface area contributed by atoms with Gasteiger partial charge in [-0.25, -0.2) is 8.42 Å². The molecule has 15 heavy (non-hydrogen) atoms. The molecule has 1 atom stereocenters. The summed E-state index contributed by atoms with van der Waals surface area (Å²) in [6.45, 7) is 7.01. The summed E-state index contributed by atoms with van der Waals surface area (Å²) in [5.41, 5.74) is 0. The monoisotopic (exact) mass is 233 g/mol. The summed E-state index contributed by atoms with van der Waals surface area (Å²) in [7, 11) is -2.71. The van der Waals surface area contributed by atoms with E-state index in [0.29, 0.717) is 17.4 Å². The minimum absolute atomic E-state index is 0.355. The standard InChI is InChI=1S/C11H23NO2S/c1-3-4-5-11(2)10-12-6-8-15(13,14)9-7-12/h11H,3-10H2,1-2H3. The van der Waals surface area contributed by atoms with E-state index in [9.17, 15) is 8.42 Å². The number of hydrogen-bond donors (Lipinski definition) is 0. The summed E-state index contributed by atoms with van der Waals surface area (Å²) in [6.07, 6.45) is 3.80. The maximum absolute atomic E-state index is 11.2. The number of rotatable bonds is 5. The number of nitrogens with zero attached hydrogens (tertiary/aromatic N) is 1. The van der Waals surface area contributed by atoms with Crippen LogP contribution in [0.4, 0.5) is 0 Å². The first kappa shape index (κ1) is 13.0. The van der Waals surface area contributed by atoms with Crippen LogP contribution in [-0.2, 0) is 9.84 Å². The molecule has 1 fully saturated rings. The van der Waals surface area contributed by atoms with Crippen LogP contribution < -0.4 is 0 Å². The summed E-state index contributed by atoms with van der Waals surface area (Å²) >= 11 is 0. The lowest BCUT2D eigenvalue weighted by Crippen LogP contribution is -2.42. The van der Waals surface area contributed by atoms with E-state index in [0.717, 1.165) is 19.6 Å². The van der Waals surface area contributed by atoms with Crippen molar-refractivity contribution in [3.8, 4) is 0 Å². The zero-order valence-corrected chi connectivity index (χ0v) is 10.7. The maximum atomic E-state index is 11.2. The molecule has 0 aromatic rings. The van der Waals surface area contributed by atoms with Crippen LogP contribution in [0, 0.1) is 5.92 Å². The van der Waals surface area contributed by atoms with E-state index in [1.165, 1.54) is 19.3 Å². The van der Waals surface area contributed by atoms with Gasteiger partial charge in [0, 0.05) is 19.6 Å². The van der Waals surface area contributed by atoms with E-state index < -0.39 is 9.84 Å². The zero-order valence-electron chi connectivity index (χ0n) is 9.91. The lowest BCUT2D eigenvalue weighted by atomic mass is 10.0. The van der Waals surface area contributed by atoms with Gasteiger partial charge in [-0.2, -0.15) is 0 Å². The van der Waals surface area contributed by atoms with Crippen LogP contribution in [0.15, 0.2) is 0 Å². The van der Waals surface area contributed by atoms with Gasteiger partial charge in [-0.15, -0.1) is 0 Å². The molecule has 1 aliphatic rings. The van der Waals surface area contributed by atoms with Crippen molar-refractivity contribution >= 4 is 9.84 Å². The molecule has 4 heteroatoms. The Hall–Kier alpha value is -0.0900. The lowest BCUT2D eigenvalue weighted by molar-refractivity contribution is 0.247. The second kappa shape index (κ2) is 5.85. The lowest BCUT2D eigenvalue weighted by Gasteiger charge is -2.28. The Balaban J connectivity index is 2.23. The topological polar surface area (TPSA) is 37.4 Å². The molecule has 1 heterocycles. The maximum Gasteiger partial charge on any atom is 0.152 e. The first-order valence-corrected chi connectivity index (χ1v) is 7.78. The summed E-state index contributed by atoms with van der Waals surface area (Å²) in [6, 6.07) is 0. The van der Waals surface area contributed by atoms with Gasteiger partial charge in [0.2, 0.25) is 0 Å². The second-order valence-electron chi connectivity index (χ2n) is 4.70. The molecule has 1 rings (SSSR count). The highest BCUT2D eigenvalue weighted by molar-refractivity contribution is 7.91. The molecule has 0 N–H and O–H groups in total. The fourth-order valence-electron chi connectivity index (χ4n) is 2.02. The van der Waals surface area contributed by atoms with Gasteiger partial charge in [-0.05, 0) is 12.3 Å². The molecule has 0 spiro atoms. The van der Waals surface area contributed by atoms with Gasteiger partial charge in [0.15, 0.2) is 9.84 Å². The highest BCUT2D eigenvalue weighted by atomic mass is 32.2. The largest absolute Gasteiger partial charge is 0.301 e. The van der Waals surface area contributed by atoms with E-state index in [2.05, 4.69) is 18.7 Å². The third-order valence-electron chi connectivity index (χ3n) is 3.06. The molecule has 0 aliphatic carbocycles. The first-order chi connectivity index (χ1) is 7.03. The number of hydrogen-bond acceptors (Lipinski definition) is 3. The van der Waals surface area contributed by atoms with Gasteiger partial charge < -0.3 is 4.90 Å². The van der Waals surface area contributed by atoms with E-state index in [1.54, 1.807) is 0 Å². The van der Waals surface area contributed by atoms with Gasteiger partial charge in [-0.3, -0.25) is 0 Å². The molecule has 1 unspecified atom stereocenters. The fraction of sp³-hybridized carbons (Fsp3) is 1.00. The average molecular weight is 233 g/mol. The molecule has 90 valence electrons. The van der Waals surface area contributed by atoms with Gasteiger partial charge in [-0.1, -0.05) is 26.7 Å². The molecule has 0 aromatic heterocycles. The van der Waals surface area contributed by atoms with Crippen molar-refractivity contribution in [2.45, 2.75) is 33.1 Å². The van der Waals surface area contributed by atoms with Gasteiger partial charge >= 0.3 is 0 Å². The van der Waals surface area contributed by atoms with E-state index >= 15 is 0 Å². The van der Waals surface area contributed by atoms with Crippen molar-refractivity contribution in [2.75, 3.05) is 31.1 Å². The Bertz CT molecular complexity index is 260. The van der Waals surface area contributed by atoms with Crippen LogP contribution in [0.5, 0.6) is 0 Å². The SMILES string of the molecule is CCCCC(C)CN1CCS(=O)(=O)CC1. The van der Waals surface area contributed by atoms with E-state index in [-0.39, 0.29) is 0 Å². The molecular weight excluding hydrogens is 210 g/mol. The molecule has 0 amide bonds. The van der Waals surface area contributed by atoms with Gasteiger partial charge in [0.05, 0.1) is 11.5 Å². The third-order valence-corrected chi connectivity index (χ3v) is 4.67. The van der Waals surface area contributed by atoms with Crippen LogP contribution in [0.3, 0.4) is 0 Å². The first-order valence-electron chi connectivity index (χ1n) is 5.96. The Morgan fingerprint density at radius 3 is 2.40 bits per heavy atom. The normalized spacial score (nSPS) is 23.9. The van der Waals surface area contributed by atoms with Gasteiger partial charge in [0.1, 0.15) is 0 Å². The molecule has 0 aromatic carbocycles. The van der Waals surface area contributed by atoms with E-state index in [4.69, 9.17) is 0 Å². The van der Waals surface area contributed by atoms with Crippen LogP contribution >= 0.6 is 0 Å². The second-order valence-corrected chi connectivity index (χ2v) is 7.00. The minimum Gasteiger partial charge on any atom is -0.301 e. The van der Waals surface area contributed by atoms with Crippen molar-refractivity contribution in [1.82, 2.24) is 4.90 Å². The summed E-state index contributed by atoms with van der Waals surface area (Å²) in [5, 5.41) is 0. The van der Waals surface area contributed by atoms with Crippen LogP contribution in [-0.4, -0.2) is 44.5 Å². The Labute approximate surface area is 93.8 Å². The van der Waals surface area contributed by atoms with Crippen LogP contribution in [0.25, 0.3) is 0 Å². The molecule has 1 aliphatic heterocycles. The molecule has 0 saturated carbocycles. The summed E-state index contributed by atoms with van der Waals surface area (Å²) in [4.78, 5) is 2.29. The zero-order chi connectivity index (χ0) is 11.3. The van der Waals surface area contributed by atoms with Crippen molar-refractivity contribution in [2.24, 2.45) is 5.92 Å². The molecule has 3 nitrogen and oxygen atoms in total. The summed E-state index contributed by atoms with van der Waals surface area (Å²) < 4.78 is 22.5. The van der Waals surface area contributed by atoms with Crippen LogP contribution in [0.1, 0.15) is 33.1 Å². The number of sulfone groups is 1. The average Bonchev–Trinajstić information content (AvgIpc) is 2.18. The molecule has 1 saturated heterocycles. The predicted molar refractivity (Wildman–Crippen MR) is 63.8 cm³/mol. The van der Waals surface area contributed by atoms with Crippen molar-refractivity contribution < 1.29 is 8.42 Å². The highest BCUT2D eigenvalue weighted by Crippen LogP contribution is 2.12. The third kappa shape index (κ3) is 4.98. The fourth-order valence-corrected chi connectivity index (χ4v) is 3.29. The molecule has 0 radical (unpaired) electrons. The Morgan fingerprint density at radius 2 is 1.87 bits per heavy atom. The van der Waals surface area contributed by atoms with Crippen molar-refractivity contribution in [3.63, 3.8) is 0 Å². The number of unbranched alkanes of at least 4 members (excludes halogenated alkanes) is 1. The molecular formula is C11H23NO2S. The van der Waals surface area contributed by atoms with Crippen molar-refractivity contribution in [1.29, 1.82) is 0 Å². The Kier molecular flexibility index (Phi) is 5.06. The minimum atomic E-state index is -2.71. The molecule has 0 bridgehead atoms. The summed E-state index contributed by atoms with van der Waals surface area (Å²) in [5.74, 6) is 1.41.